The van der Waals surface area contributed by atoms with Crippen LogP contribution >= 0.6 is 0 Å². The summed E-state index contributed by atoms with van der Waals surface area (Å²) < 4.78 is 6.54. The molecular formula is C49H33N3O. The SMILES string of the molecule is N/C(=N\C(=N/Cc1ccccc1)c1ccc2c(ccc3ccccc32)c1)c1cccc2oc3cc(-c4cc5ccccc5c5ccccc45)ccc3c12. The second-order valence-corrected chi connectivity index (χ2v) is 13.5. The van der Waals surface area contributed by atoms with Crippen molar-refractivity contribution in [1.82, 2.24) is 0 Å². The third-order valence-corrected chi connectivity index (χ3v) is 10.3. The lowest BCUT2D eigenvalue weighted by Gasteiger charge is -2.11. The predicted molar refractivity (Wildman–Crippen MR) is 223 cm³/mol. The first-order valence-corrected chi connectivity index (χ1v) is 17.9. The van der Waals surface area contributed by atoms with Crippen LogP contribution in [-0.2, 0) is 6.54 Å². The number of hydrogen-bond acceptors (Lipinski definition) is 2. The van der Waals surface area contributed by atoms with Crippen LogP contribution in [0.2, 0.25) is 0 Å². The molecule has 1 heterocycles. The lowest BCUT2D eigenvalue weighted by molar-refractivity contribution is 0.669. The first-order chi connectivity index (χ1) is 26.2. The van der Waals surface area contributed by atoms with Crippen molar-refractivity contribution in [3.8, 4) is 11.1 Å². The number of nitrogens with two attached hydrogens (primary N) is 1. The van der Waals surface area contributed by atoms with Crippen LogP contribution in [0, 0.1) is 0 Å². The quantitative estimate of drug-likeness (QED) is 0.112. The van der Waals surface area contributed by atoms with Gasteiger partial charge in [0.05, 0.1) is 6.54 Å². The predicted octanol–water partition coefficient (Wildman–Crippen LogP) is 12.2. The van der Waals surface area contributed by atoms with Gasteiger partial charge in [0, 0.05) is 21.9 Å². The van der Waals surface area contributed by atoms with Crippen molar-refractivity contribution in [2.75, 3.05) is 0 Å². The molecule has 53 heavy (non-hydrogen) atoms. The van der Waals surface area contributed by atoms with Gasteiger partial charge in [-0.1, -0.05) is 146 Å². The van der Waals surface area contributed by atoms with Gasteiger partial charge in [0.15, 0.2) is 5.84 Å². The molecule has 0 spiro atoms. The van der Waals surface area contributed by atoms with Gasteiger partial charge in [0.25, 0.3) is 0 Å². The molecule has 0 radical (unpaired) electrons. The Hall–Kier alpha value is -7.04. The van der Waals surface area contributed by atoms with Crippen molar-refractivity contribution in [2.24, 2.45) is 15.7 Å². The maximum absolute atomic E-state index is 6.97. The highest BCUT2D eigenvalue weighted by molar-refractivity contribution is 6.22. The monoisotopic (exact) mass is 679 g/mol. The van der Waals surface area contributed by atoms with Gasteiger partial charge in [-0.2, -0.15) is 0 Å². The average Bonchev–Trinajstić information content (AvgIpc) is 3.60. The number of furan rings is 1. The molecule has 0 saturated carbocycles. The van der Waals surface area contributed by atoms with E-state index in [1.807, 2.05) is 36.4 Å². The number of aliphatic imine (C=N–C) groups is 2. The maximum atomic E-state index is 6.97. The van der Waals surface area contributed by atoms with E-state index in [4.69, 9.17) is 20.1 Å². The molecule has 9 aromatic carbocycles. The average molecular weight is 680 g/mol. The molecule has 0 aliphatic rings. The Morgan fingerprint density at radius 1 is 0.491 bits per heavy atom. The highest BCUT2D eigenvalue weighted by Gasteiger charge is 2.17. The highest BCUT2D eigenvalue weighted by Crippen LogP contribution is 2.39. The van der Waals surface area contributed by atoms with E-state index >= 15 is 0 Å². The van der Waals surface area contributed by atoms with Gasteiger partial charge in [-0.15, -0.1) is 0 Å². The van der Waals surface area contributed by atoms with Crippen LogP contribution in [0.3, 0.4) is 0 Å². The van der Waals surface area contributed by atoms with E-state index in [2.05, 4.69) is 140 Å². The van der Waals surface area contributed by atoms with Gasteiger partial charge >= 0.3 is 0 Å². The van der Waals surface area contributed by atoms with E-state index in [1.54, 1.807) is 0 Å². The van der Waals surface area contributed by atoms with E-state index in [9.17, 15) is 0 Å². The summed E-state index contributed by atoms with van der Waals surface area (Å²) in [5, 5.41) is 11.6. The normalized spacial score (nSPS) is 12.5. The highest BCUT2D eigenvalue weighted by atomic mass is 16.3. The molecule has 0 aliphatic carbocycles. The molecule has 0 bridgehead atoms. The molecule has 0 fully saturated rings. The molecule has 10 rings (SSSR count). The molecule has 0 amide bonds. The fraction of sp³-hybridized carbons (Fsp3) is 0.0204. The zero-order chi connectivity index (χ0) is 35.3. The fourth-order valence-corrected chi connectivity index (χ4v) is 7.77. The molecule has 0 atom stereocenters. The standard InChI is InChI=1S/C49H33N3O/c50-48(52-49(51-30-31-11-2-1-3-12-31)36-24-25-39-34(27-36)22-21-32-13-4-6-15-37(32)39)43-19-10-20-45-47(43)42-26-23-35(29-46(42)53-45)44-28-33-14-5-7-16-38(33)40-17-8-9-18-41(40)44/h1-29H,30H2,(H2,50,51,52). The van der Waals surface area contributed by atoms with E-state index < -0.39 is 0 Å². The first kappa shape index (κ1) is 30.8. The van der Waals surface area contributed by atoms with Crippen molar-refractivity contribution in [2.45, 2.75) is 6.54 Å². The van der Waals surface area contributed by atoms with Gasteiger partial charge in [0.1, 0.15) is 17.0 Å². The van der Waals surface area contributed by atoms with Crippen molar-refractivity contribution in [3.05, 3.63) is 193 Å². The topological polar surface area (TPSA) is 63.9 Å². The van der Waals surface area contributed by atoms with Crippen LogP contribution in [0.5, 0.6) is 0 Å². The molecular weight excluding hydrogens is 647 g/mol. The number of fused-ring (bicyclic) bond motifs is 9. The largest absolute Gasteiger partial charge is 0.456 e. The Bertz CT molecular complexity index is 3100. The van der Waals surface area contributed by atoms with Crippen molar-refractivity contribution < 1.29 is 4.42 Å². The summed E-state index contributed by atoms with van der Waals surface area (Å²) in [5.41, 5.74) is 13.6. The van der Waals surface area contributed by atoms with E-state index in [1.165, 1.54) is 43.3 Å². The molecule has 2 N–H and O–H groups in total. The van der Waals surface area contributed by atoms with Crippen molar-refractivity contribution in [1.29, 1.82) is 0 Å². The maximum Gasteiger partial charge on any atom is 0.157 e. The summed E-state index contributed by atoms with van der Waals surface area (Å²) in [4.78, 5) is 10.1. The number of rotatable bonds is 5. The van der Waals surface area contributed by atoms with Crippen LogP contribution in [0.15, 0.2) is 190 Å². The lowest BCUT2D eigenvalue weighted by Crippen LogP contribution is -2.17. The molecule has 4 nitrogen and oxygen atoms in total. The minimum Gasteiger partial charge on any atom is -0.456 e. The fourth-order valence-electron chi connectivity index (χ4n) is 7.77. The summed E-state index contributed by atoms with van der Waals surface area (Å²) in [5.74, 6) is 0.963. The smallest absolute Gasteiger partial charge is 0.157 e. The third kappa shape index (κ3) is 5.40. The van der Waals surface area contributed by atoms with Gasteiger partial charge in [0.2, 0.25) is 0 Å². The number of hydrogen-bond donors (Lipinski definition) is 1. The Morgan fingerprint density at radius 2 is 1.15 bits per heavy atom. The van der Waals surface area contributed by atoms with Gasteiger partial charge in [-0.3, -0.25) is 4.99 Å². The second kappa shape index (κ2) is 12.6. The summed E-state index contributed by atoms with van der Waals surface area (Å²) in [6.07, 6.45) is 0. The van der Waals surface area contributed by atoms with Gasteiger partial charge in [-0.25, -0.2) is 4.99 Å². The first-order valence-electron chi connectivity index (χ1n) is 17.9. The molecule has 4 heteroatoms. The Morgan fingerprint density at radius 3 is 2.00 bits per heavy atom. The zero-order valence-corrected chi connectivity index (χ0v) is 28.8. The minimum atomic E-state index is 0.383. The Labute approximate surface area is 306 Å². The summed E-state index contributed by atoms with van der Waals surface area (Å²) >= 11 is 0. The van der Waals surface area contributed by atoms with E-state index in [0.717, 1.165) is 49.6 Å². The molecule has 10 aromatic rings. The van der Waals surface area contributed by atoms with Crippen LogP contribution in [0.1, 0.15) is 16.7 Å². The van der Waals surface area contributed by atoms with Gasteiger partial charge in [-0.05, 0) is 90.1 Å². The lowest BCUT2D eigenvalue weighted by atomic mass is 9.93. The van der Waals surface area contributed by atoms with Gasteiger partial charge < -0.3 is 10.2 Å². The van der Waals surface area contributed by atoms with E-state index in [-0.39, 0.29) is 0 Å². The van der Waals surface area contributed by atoms with E-state index in [0.29, 0.717) is 18.2 Å². The third-order valence-electron chi connectivity index (χ3n) is 10.3. The Kier molecular flexibility index (Phi) is 7.33. The zero-order valence-electron chi connectivity index (χ0n) is 28.8. The van der Waals surface area contributed by atoms with Crippen LogP contribution in [-0.4, -0.2) is 11.7 Å². The molecule has 0 saturated heterocycles. The Balaban J connectivity index is 1.09. The van der Waals surface area contributed by atoms with Crippen LogP contribution < -0.4 is 5.73 Å². The minimum absolute atomic E-state index is 0.383. The van der Waals surface area contributed by atoms with Crippen molar-refractivity contribution >= 4 is 76.7 Å². The molecule has 0 unspecified atom stereocenters. The molecule has 0 aliphatic heterocycles. The number of benzene rings is 9. The number of amidine groups is 2. The summed E-state index contributed by atoms with van der Waals surface area (Å²) in [6, 6.07) is 61.4. The second-order valence-electron chi connectivity index (χ2n) is 13.5. The molecule has 250 valence electrons. The van der Waals surface area contributed by atoms with Crippen LogP contribution in [0.4, 0.5) is 0 Å². The summed E-state index contributed by atoms with van der Waals surface area (Å²) in [6.45, 7) is 0.480. The number of nitrogens with zero attached hydrogens (tertiary/aromatic N) is 2. The molecule has 1 aromatic heterocycles. The van der Waals surface area contributed by atoms with Crippen molar-refractivity contribution in [3.63, 3.8) is 0 Å². The summed E-state index contributed by atoms with van der Waals surface area (Å²) in [7, 11) is 0. The van der Waals surface area contributed by atoms with Crippen LogP contribution in [0.25, 0.3) is 76.2 Å².